The quantitative estimate of drug-likeness (QED) is 0.904. The smallest absolute Gasteiger partial charge is 0.251 e. The largest absolute Gasteiger partial charge is 0.346 e. The Labute approximate surface area is 105 Å². The van der Waals surface area contributed by atoms with Gasteiger partial charge in [0.15, 0.2) is 0 Å². The van der Waals surface area contributed by atoms with E-state index in [1.54, 1.807) is 11.3 Å². The lowest BCUT2D eigenvalue weighted by Crippen LogP contribution is -2.22. The average Bonchev–Trinajstić information content (AvgIpc) is 2.73. The van der Waals surface area contributed by atoms with Crippen LogP contribution in [0.5, 0.6) is 0 Å². The molecule has 1 amide bonds. The zero-order chi connectivity index (χ0) is 12.3. The molecule has 0 aliphatic heterocycles. The number of rotatable bonds is 3. The van der Waals surface area contributed by atoms with Gasteiger partial charge in [0.2, 0.25) is 0 Å². The first-order valence-corrected chi connectivity index (χ1v) is 6.23. The van der Waals surface area contributed by atoms with E-state index in [2.05, 4.69) is 10.3 Å². The second-order valence-electron chi connectivity index (χ2n) is 3.91. The summed E-state index contributed by atoms with van der Waals surface area (Å²) in [5, 5.41) is 3.79. The molecule has 4 heteroatoms. The summed E-state index contributed by atoms with van der Waals surface area (Å²) in [5.74, 6) is -0.0575. The van der Waals surface area contributed by atoms with Gasteiger partial charge in [-0.05, 0) is 26.0 Å². The number of nitrogens with zero attached hydrogens (tertiary/aromatic N) is 1. The number of hydrogen-bond donors (Lipinski definition) is 1. The van der Waals surface area contributed by atoms with E-state index in [0.717, 1.165) is 15.4 Å². The summed E-state index contributed by atoms with van der Waals surface area (Å²) in [5.41, 5.74) is 1.83. The van der Waals surface area contributed by atoms with Crippen LogP contribution in [0.4, 0.5) is 0 Å². The number of carbonyl (C=O) groups is 1. The third-order valence-corrected chi connectivity index (χ3v) is 3.30. The van der Waals surface area contributed by atoms with Gasteiger partial charge >= 0.3 is 0 Å². The monoisotopic (exact) mass is 246 g/mol. The van der Waals surface area contributed by atoms with E-state index in [1.165, 1.54) is 0 Å². The molecular formula is C13H14N2OS. The number of hydrogen-bond acceptors (Lipinski definition) is 3. The predicted molar refractivity (Wildman–Crippen MR) is 69.2 cm³/mol. The van der Waals surface area contributed by atoms with E-state index >= 15 is 0 Å². The predicted octanol–water partition coefficient (Wildman–Crippen LogP) is 2.69. The third-order valence-electron chi connectivity index (χ3n) is 2.38. The molecule has 0 fully saturated rings. The maximum Gasteiger partial charge on any atom is 0.251 e. The van der Waals surface area contributed by atoms with Crippen molar-refractivity contribution in [2.24, 2.45) is 0 Å². The van der Waals surface area contributed by atoms with Crippen LogP contribution in [0, 0.1) is 13.8 Å². The molecule has 1 aromatic carbocycles. The fourth-order valence-electron chi connectivity index (χ4n) is 1.45. The maximum absolute atomic E-state index is 11.8. The number of nitrogens with one attached hydrogen (secondary N) is 1. The summed E-state index contributed by atoms with van der Waals surface area (Å²) in [6.45, 7) is 4.49. The molecule has 0 radical (unpaired) electrons. The van der Waals surface area contributed by atoms with E-state index in [1.807, 2.05) is 44.3 Å². The van der Waals surface area contributed by atoms with E-state index in [4.69, 9.17) is 0 Å². The Bertz CT molecular complexity index is 516. The van der Waals surface area contributed by atoms with Crippen LogP contribution in [0.3, 0.4) is 0 Å². The Morgan fingerprint density at radius 2 is 2.00 bits per heavy atom. The van der Waals surface area contributed by atoms with E-state index in [0.29, 0.717) is 12.1 Å². The maximum atomic E-state index is 11.8. The summed E-state index contributed by atoms with van der Waals surface area (Å²) >= 11 is 1.60. The van der Waals surface area contributed by atoms with Crippen molar-refractivity contribution in [3.63, 3.8) is 0 Å². The molecule has 0 bridgehead atoms. The van der Waals surface area contributed by atoms with Crippen LogP contribution in [0.2, 0.25) is 0 Å². The van der Waals surface area contributed by atoms with Gasteiger partial charge in [0.05, 0.1) is 6.54 Å². The van der Waals surface area contributed by atoms with Crippen LogP contribution in [-0.4, -0.2) is 10.9 Å². The molecule has 88 valence electrons. The Balaban J connectivity index is 1.95. The van der Waals surface area contributed by atoms with Crippen LogP contribution in [0.1, 0.15) is 25.8 Å². The molecule has 0 saturated carbocycles. The fraction of sp³-hybridized carbons (Fsp3) is 0.231. The fourth-order valence-corrected chi connectivity index (χ4v) is 2.17. The second-order valence-corrected chi connectivity index (χ2v) is 5.23. The van der Waals surface area contributed by atoms with Crippen molar-refractivity contribution in [1.82, 2.24) is 10.3 Å². The number of benzene rings is 1. The van der Waals surface area contributed by atoms with E-state index in [9.17, 15) is 4.79 Å². The number of aromatic nitrogens is 1. The lowest BCUT2D eigenvalue weighted by atomic mass is 10.1. The van der Waals surface area contributed by atoms with Gasteiger partial charge in [-0.3, -0.25) is 4.79 Å². The highest BCUT2D eigenvalue weighted by molar-refractivity contribution is 7.11. The first-order valence-electron chi connectivity index (χ1n) is 5.41. The first kappa shape index (κ1) is 11.8. The summed E-state index contributed by atoms with van der Waals surface area (Å²) in [6, 6.07) is 7.53. The minimum Gasteiger partial charge on any atom is -0.346 e. The minimum atomic E-state index is -0.0575. The van der Waals surface area contributed by atoms with Crippen molar-refractivity contribution in [1.29, 1.82) is 0 Å². The molecule has 1 aromatic heterocycles. The summed E-state index contributed by atoms with van der Waals surface area (Å²) in [4.78, 5) is 17.2. The molecule has 2 aromatic rings. The van der Waals surface area contributed by atoms with Gasteiger partial charge in [-0.1, -0.05) is 17.7 Å². The lowest BCUT2D eigenvalue weighted by Gasteiger charge is -2.03. The molecule has 2 rings (SSSR count). The molecule has 1 N–H and O–H groups in total. The minimum absolute atomic E-state index is 0.0575. The van der Waals surface area contributed by atoms with Gasteiger partial charge < -0.3 is 5.32 Å². The molecule has 0 atom stereocenters. The molecule has 17 heavy (non-hydrogen) atoms. The van der Waals surface area contributed by atoms with Gasteiger partial charge in [0, 0.05) is 16.6 Å². The Morgan fingerprint density at radius 1 is 1.29 bits per heavy atom. The normalized spacial score (nSPS) is 10.2. The van der Waals surface area contributed by atoms with E-state index in [-0.39, 0.29) is 5.91 Å². The Hall–Kier alpha value is -1.68. The van der Waals surface area contributed by atoms with Gasteiger partial charge in [0.1, 0.15) is 5.01 Å². The average molecular weight is 246 g/mol. The molecule has 0 spiro atoms. The van der Waals surface area contributed by atoms with Crippen molar-refractivity contribution < 1.29 is 4.79 Å². The molecule has 0 aliphatic rings. The zero-order valence-electron chi connectivity index (χ0n) is 9.86. The second kappa shape index (κ2) is 5.10. The number of carbonyl (C=O) groups excluding carboxylic acids is 1. The summed E-state index contributed by atoms with van der Waals surface area (Å²) < 4.78 is 0. The standard InChI is InChI=1S/C13H14N2OS/c1-9-3-5-11(6-4-9)13(16)15-8-12-14-7-10(2)17-12/h3-7H,8H2,1-2H3,(H,15,16). The Morgan fingerprint density at radius 3 is 2.59 bits per heavy atom. The van der Waals surface area contributed by atoms with Crippen LogP contribution < -0.4 is 5.32 Å². The van der Waals surface area contributed by atoms with Crippen LogP contribution in [-0.2, 0) is 6.54 Å². The van der Waals surface area contributed by atoms with Gasteiger partial charge in [-0.15, -0.1) is 11.3 Å². The van der Waals surface area contributed by atoms with Crippen molar-refractivity contribution in [3.05, 3.63) is 51.5 Å². The molecule has 0 unspecified atom stereocenters. The highest BCUT2D eigenvalue weighted by Crippen LogP contribution is 2.11. The van der Waals surface area contributed by atoms with Crippen molar-refractivity contribution in [2.75, 3.05) is 0 Å². The van der Waals surface area contributed by atoms with Crippen LogP contribution in [0.15, 0.2) is 30.5 Å². The topological polar surface area (TPSA) is 42.0 Å². The number of amides is 1. The van der Waals surface area contributed by atoms with Crippen molar-refractivity contribution in [3.8, 4) is 0 Å². The zero-order valence-corrected chi connectivity index (χ0v) is 10.7. The molecule has 0 aliphatic carbocycles. The van der Waals surface area contributed by atoms with Gasteiger partial charge in [-0.2, -0.15) is 0 Å². The molecular weight excluding hydrogens is 232 g/mol. The van der Waals surface area contributed by atoms with Crippen LogP contribution >= 0.6 is 11.3 Å². The van der Waals surface area contributed by atoms with E-state index < -0.39 is 0 Å². The van der Waals surface area contributed by atoms with Crippen molar-refractivity contribution >= 4 is 17.2 Å². The SMILES string of the molecule is Cc1ccc(C(=O)NCc2ncc(C)s2)cc1. The Kier molecular flexibility index (Phi) is 3.54. The van der Waals surface area contributed by atoms with Crippen LogP contribution in [0.25, 0.3) is 0 Å². The van der Waals surface area contributed by atoms with Gasteiger partial charge in [0.25, 0.3) is 5.91 Å². The third kappa shape index (κ3) is 3.14. The van der Waals surface area contributed by atoms with Crippen molar-refractivity contribution in [2.45, 2.75) is 20.4 Å². The molecule has 0 saturated heterocycles. The lowest BCUT2D eigenvalue weighted by molar-refractivity contribution is 0.0951. The highest BCUT2D eigenvalue weighted by atomic mass is 32.1. The molecule has 1 heterocycles. The summed E-state index contributed by atoms with van der Waals surface area (Å²) in [6.07, 6.45) is 1.82. The number of aryl methyl sites for hydroxylation is 2. The number of thiazole rings is 1. The first-order chi connectivity index (χ1) is 8.15. The summed E-state index contributed by atoms with van der Waals surface area (Å²) in [7, 11) is 0. The molecule has 3 nitrogen and oxygen atoms in total. The van der Waals surface area contributed by atoms with Gasteiger partial charge in [-0.25, -0.2) is 4.98 Å². The highest BCUT2D eigenvalue weighted by Gasteiger charge is 2.05.